The molecule has 152 valence electrons. The number of thiazole rings is 1. The van der Waals surface area contributed by atoms with E-state index in [0.717, 1.165) is 22.3 Å². The molecule has 0 bridgehead atoms. The van der Waals surface area contributed by atoms with Gasteiger partial charge < -0.3 is 5.32 Å². The Morgan fingerprint density at radius 3 is 2.55 bits per heavy atom. The smallest absolute Gasteiger partial charge is 0.243 e. The minimum atomic E-state index is -3.70. The fraction of sp³-hybridized carbons (Fsp3) is 0.263. The molecule has 1 aliphatic rings. The summed E-state index contributed by atoms with van der Waals surface area (Å²) in [4.78, 5) is 17.0. The van der Waals surface area contributed by atoms with E-state index in [9.17, 15) is 17.6 Å². The van der Waals surface area contributed by atoms with E-state index >= 15 is 0 Å². The SMILES string of the molecule is O=C(Nc1nc2ccc(Cl)cc2s1)C1CCN(S(=O)(=O)c2ccc(F)cc2)CC1. The van der Waals surface area contributed by atoms with Crippen LogP contribution in [0.4, 0.5) is 9.52 Å². The Kier molecular flexibility index (Phi) is 5.56. The third-order valence-corrected chi connectivity index (χ3v) is 7.94. The zero-order chi connectivity index (χ0) is 20.6. The Morgan fingerprint density at radius 2 is 1.86 bits per heavy atom. The average molecular weight is 454 g/mol. The molecule has 1 fully saturated rings. The number of benzene rings is 2. The largest absolute Gasteiger partial charge is 0.302 e. The van der Waals surface area contributed by atoms with Crippen molar-refractivity contribution >= 4 is 54.2 Å². The van der Waals surface area contributed by atoms with Crippen LogP contribution in [-0.2, 0) is 14.8 Å². The molecule has 6 nitrogen and oxygen atoms in total. The van der Waals surface area contributed by atoms with E-state index in [2.05, 4.69) is 10.3 Å². The van der Waals surface area contributed by atoms with Crippen molar-refractivity contribution in [2.24, 2.45) is 5.92 Å². The lowest BCUT2D eigenvalue weighted by molar-refractivity contribution is -0.120. The minimum absolute atomic E-state index is 0.0509. The number of nitrogens with zero attached hydrogens (tertiary/aromatic N) is 2. The van der Waals surface area contributed by atoms with Crippen LogP contribution in [0.25, 0.3) is 10.2 Å². The van der Waals surface area contributed by atoms with Crippen LogP contribution >= 0.6 is 22.9 Å². The predicted molar refractivity (Wildman–Crippen MR) is 111 cm³/mol. The summed E-state index contributed by atoms with van der Waals surface area (Å²) in [6.07, 6.45) is 0.811. The molecule has 4 rings (SSSR count). The number of carbonyl (C=O) groups excluding carboxylic acids is 1. The number of amides is 1. The van der Waals surface area contributed by atoms with Gasteiger partial charge in [0, 0.05) is 24.0 Å². The summed E-state index contributed by atoms with van der Waals surface area (Å²) in [6.45, 7) is 0.459. The maximum Gasteiger partial charge on any atom is 0.243 e. The zero-order valence-corrected chi connectivity index (χ0v) is 17.5. The van der Waals surface area contributed by atoms with Crippen molar-refractivity contribution in [3.05, 3.63) is 53.3 Å². The number of nitrogens with one attached hydrogen (secondary N) is 1. The molecule has 0 atom stereocenters. The van der Waals surface area contributed by atoms with Crippen LogP contribution in [0.15, 0.2) is 47.4 Å². The van der Waals surface area contributed by atoms with E-state index in [1.165, 1.54) is 27.8 Å². The van der Waals surface area contributed by atoms with E-state index in [1.54, 1.807) is 18.2 Å². The number of piperidine rings is 1. The van der Waals surface area contributed by atoms with E-state index < -0.39 is 15.8 Å². The molecule has 0 radical (unpaired) electrons. The number of anilines is 1. The Balaban J connectivity index is 1.39. The molecule has 0 unspecified atom stereocenters. The van der Waals surface area contributed by atoms with Gasteiger partial charge >= 0.3 is 0 Å². The van der Waals surface area contributed by atoms with E-state index in [-0.39, 0.29) is 29.8 Å². The van der Waals surface area contributed by atoms with Crippen LogP contribution in [-0.4, -0.2) is 36.7 Å². The Bertz CT molecular complexity index is 1160. The monoisotopic (exact) mass is 453 g/mol. The van der Waals surface area contributed by atoms with Crippen LogP contribution < -0.4 is 5.32 Å². The summed E-state index contributed by atoms with van der Waals surface area (Å²) in [5, 5.41) is 3.93. The van der Waals surface area contributed by atoms with Crippen molar-refractivity contribution in [2.45, 2.75) is 17.7 Å². The van der Waals surface area contributed by atoms with Gasteiger partial charge in [-0.15, -0.1) is 0 Å². The first kappa shape index (κ1) is 20.2. The second-order valence-corrected chi connectivity index (χ2v) is 10.2. The van der Waals surface area contributed by atoms with Gasteiger partial charge in [-0.05, 0) is 55.3 Å². The lowest BCUT2D eigenvalue weighted by Gasteiger charge is -2.30. The Labute approximate surface area is 176 Å². The van der Waals surface area contributed by atoms with Crippen molar-refractivity contribution in [1.82, 2.24) is 9.29 Å². The molecule has 0 spiro atoms. The highest BCUT2D eigenvalue weighted by Crippen LogP contribution is 2.30. The van der Waals surface area contributed by atoms with Crippen molar-refractivity contribution in [3.63, 3.8) is 0 Å². The highest BCUT2D eigenvalue weighted by Gasteiger charge is 2.32. The summed E-state index contributed by atoms with van der Waals surface area (Å²) < 4.78 is 40.6. The number of hydrogen-bond acceptors (Lipinski definition) is 5. The van der Waals surface area contributed by atoms with Crippen LogP contribution in [0.2, 0.25) is 5.02 Å². The van der Waals surface area contributed by atoms with Gasteiger partial charge in [0.1, 0.15) is 5.82 Å². The first-order chi connectivity index (χ1) is 13.8. The molecular weight excluding hydrogens is 437 g/mol. The summed E-state index contributed by atoms with van der Waals surface area (Å²) in [7, 11) is -3.70. The molecular formula is C19H17ClFN3O3S2. The predicted octanol–water partition coefficient (Wildman–Crippen LogP) is 4.13. The number of rotatable bonds is 4. The second kappa shape index (κ2) is 7.98. The van der Waals surface area contributed by atoms with Crippen molar-refractivity contribution in [3.8, 4) is 0 Å². The molecule has 2 heterocycles. The van der Waals surface area contributed by atoms with Crippen LogP contribution in [0.3, 0.4) is 0 Å². The van der Waals surface area contributed by atoms with Gasteiger partial charge in [-0.3, -0.25) is 4.79 Å². The highest BCUT2D eigenvalue weighted by atomic mass is 35.5. The quantitative estimate of drug-likeness (QED) is 0.644. The number of halogens is 2. The van der Waals surface area contributed by atoms with Gasteiger partial charge in [0.05, 0.1) is 15.1 Å². The van der Waals surface area contributed by atoms with Gasteiger partial charge in [-0.2, -0.15) is 4.31 Å². The van der Waals surface area contributed by atoms with Crippen molar-refractivity contribution < 1.29 is 17.6 Å². The first-order valence-corrected chi connectivity index (χ1v) is 11.6. The topological polar surface area (TPSA) is 79.4 Å². The maximum absolute atomic E-state index is 13.1. The molecule has 0 saturated carbocycles. The Morgan fingerprint density at radius 1 is 1.17 bits per heavy atom. The summed E-state index contributed by atoms with van der Waals surface area (Å²) in [5.74, 6) is -0.962. The van der Waals surface area contributed by atoms with Gasteiger partial charge in [0.15, 0.2) is 5.13 Å². The molecule has 1 saturated heterocycles. The highest BCUT2D eigenvalue weighted by molar-refractivity contribution is 7.89. The summed E-state index contributed by atoms with van der Waals surface area (Å²) >= 11 is 7.32. The third kappa shape index (κ3) is 4.28. The Hall–Kier alpha value is -2.07. The molecule has 10 heteroatoms. The van der Waals surface area contributed by atoms with E-state index in [0.29, 0.717) is 23.0 Å². The fourth-order valence-corrected chi connectivity index (χ4v) is 5.89. The summed E-state index contributed by atoms with van der Waals surface area (Å²) in [6, 6.07) is 10.1. The molecule has 1 aromatic heterocycles. The number of aromatic nitrogens is 1. The maximum atomic E-state index is 13.1. The third-order valence-electron chi connectivity index (χ3n) is 4.86. The molecule has 1 aliphatic heterocycles. The number of hydrogen-bond donors (Lipinski definition) is 1. The normalized spacial score (nSPS) is 16.2. The lowest BCUT2D eigenvalue weighted by Crippen LogP contribution is -2.41. The summed E-state index contributed by atoms with van der Waals surface area (Å²) in [5.41, 5.74) is 0.759. The van der Waals surface area contributed by atoms with Gasteiger partial charge in [0.2, 0.25) is 15.9 Å². The van der Waals surface area contributed by atoms with Crippen molar-refractivity contribution in [2.75, 3.05) is 18.4 Å². The number of fused-ring (bicyclic) bond motifs is 1. The minimum Gasteiger partial charge on any atom is -0.302 e. The van der Waals surface area contributed by atoms with Gasteiger partial charge in [-0.1, -0.05) is 22.9 Å². The molecule has 0 aliphatic carbocycles. The molecule has 2 aromatic carbocycles. The van der Waals surface area contributed by atoms with E-state index in [4.69, 9.17) is 11.6 Å². The van der Waals surface area contributed by atoms with Crippen LogP contribution in [0.1, 0.15) is 12.8 Å². The lowest BCUT2D eigenvalue weighted by atomic mass is 9.97. The van der Waals surface area contributed by atoms with Crippen LogP contribution in [0.5, 0.6) is 0 Å². The zero-order valence-electron chi connectivity index (χ0n) is 15.1. The molecule has 29 heavy (non-hydrogen) atoms. The number of carbonyl (C=O) groups is 1. The number of sulfonamides is 1. The van der Waals surface area contributed by atoms with Gasteiger partial charge in [-0.25, -0.2) is 17.8 Å². The molecule has 3 aromatic rings. The fourth-order valence-electron chi connectivity index (χ4n) is 3.27. The first-order valence-electron chi connectivity index (χ1n) is 8.95. The van der Waals surface area contributed by atoms with E-state index in [1.807, 2.05) is 0 Å². The average Bonchev–Trinajstić information content (AvgIpc) is 3.09. The standard InChI is InChI=1S/C19H17ClFN3O3S2/c20-13-1-6-16-17(11-13)28-19(22-16)23-18(25)12-7-9-24(10-8-12)29(26,27)15-4-2-14(21)3-5-15/h1-6,11-12H,7-10H2,(H,22,23,25). The van der Waals surface area contributed by atoms with Crippen molar-refractivity contribution in [1.29, 1.82) is 0 Å². The van der Waals surface area contributed by atoms with Crippen LogP contribution in [0, 0.1) is 11.7 Å². The molecule has 1 N–H and O–H groups in total. The molecule has 1 amide bonds. The van der Waals surface area contributed by atoms with Gasteiger partial charge in [0.25, 0.3) is 0 Å². The second-order valence-electron chi connectivity index (χ2n) is 6.75.